The van der Waals surface area contributed by atoms with E-state index in [1.54, 1.807) is 12.1 Å². The van der Waals surface area contributed by atoms with Crippen molar-refractivity contribution in [3.8, 4) is 11.5 Å². The van der Waals surface area contributed by atoms with Crippen LogP contribution in [-0.4, -0.2) is 18.3 Å². The number of phenolic OH excluding ortho intramolecular Hbond substituents is 1. The molecule has 3 nitrogen and oxygen atoms in total. The van der Waals surface area contributed by atoms with Gasteiger partial charge in [0, 0.05) is 18.2 Å². The zero-order chi connectivity index (χ0) is 12.2. The molecule has 96 valence electrons. The van der Waals surface area contributed by atoms with Crippen LogP contribution in [-0.2, 0) is 0 Å². The molecule has 1 aliphatic heterocycles. The third-order valence-electron chi connectivity index (χ3n) is 4.81. The lowest BCUT2D eigenvalue weighted by atomic mass is 9.99. The van der Waals surface area contributed by atoms with Crippen molar-refractivity contribution in [3.05, 3.63) is 23.8 Å². The van der Waals surface area contributed by atoms with Gasteiger partial charge in [-0.25, -0.2) is 0 Å². The molecule has 1 atom stereocenters. The van der Waals surface area contributed by atoms with Crippen LogP contribution in [0.2, 0.25) is 0 Å². The fourth-order valence-electron chi connectivity index (χ4n) is 3.28. The van der Waals surface area contributed by atoms with Gasteiger partial charge in [-0.05, 0) is 49.1 Å². The molecule has 0 radical (unpaired) electrons. The van der Waals surface area contributed by atoms with Crippen molar-refractivity contribution < 1.29 is 9.84 Å². The summed E-state index contributed by atoms with van der Waals surface area (Å²) in [6, 6.07) is 5.74. The smallest absolute Gasteiger partial charge is 0.127 e. The molecule has 1 aromatic carbocycles. The number of rotatable bonds is 4. The molecule has 1 aromatic rings. The average Bonchev–Trinajstić information content (AvgIpc) is 3.24. The molecule has 2 aliphatic carbocycles. The van der Waals surface area contributed by atoms with E-state index in [2.05, 4.69) is 5.32 Å². The zero-order valence-corrected chi connectivity index (χ0v) is 10.5. The number of aromatic hydroxyl groups is 1. The second-order valence-electron chi connectivity index (χ2n) is 6.10. The Balaban J connectivity index is 1.45. The molecule has 0 saturated heterocycles. The summed E-state index contributed by atoms with van der Waals surface area (Å²) in [6.45, 7) is 1.82. The van der Waals surface area contributed by atoms with Crippen molar-refractivity contribution in [2.24, 2.45) is 11.3 Å². The van der Waals surface area contributed by atoms with Crippen LogP contribution in [0.15, 0.2) is 18.2 Å². The first kappa shape index (κ1) is 10.7. The number of nitrogens with one attached hydrogen (secondary N) is 1. The second-order valence-corrected chi connectivity index (χ2v) is 6.10. The topological polar surface area (TPSA) is 41.5 Å². The lowest BCUT2D eigenvalue weighted by Gasteiger charge is -2.18. The van der Waals surface area contributed by atoms with Gasteiger partial charge in [0.05, 0.1) is 6.04 Å². The molecule has 0 amide bonds. The van der Waals surface area contributed by atoms with E-state index in [1.807, 2.05) is 6.07 Å². The van der Waals surface area contributed by atoms with Gasteiger partial charge < -0.3 is 15.2 Å². The Hall–Kier alpha value is -1.22. The van der Waals surface area contributed by atoms with Gasteiger partial charge in [0.25, 0.3) is 0 Å². The molecule has 0 aromatic heterocycles. The first-order chi connectivity index (χ1) is 8.77. The van der Waals surface area contributed by atoms with Crippen LogP contribution in [0.5, 0.6) is 11.5 Å². The monoisotopic (exact) mass is 245 g/mol. The fourth-order valence-corrected chi connectivity index (χ4v) is 3.28. The highest BCUT2D eigenvalue weighted by atomic mass is 16.5. The predicted molar refractivity (Wildman–Crippen MR) is 68.7 cm³/mol. The number of ether oxygens (including phenoxy) is 1. The fraction of sp³-hybridized carbons (Fsp3) is 0.600. The highest BCUT2D eigenvalue weighted by Crippen LogP contribution is 2.61. The number of hydrogen-bond donors (Lipinski definition) is 2. The van der Waals surface area contributed by atoms with E-state index in [9.17, 15) is 5.11 Å². The van der Waals surface area contributed by atoms with Gasteiger partial charge in [-0.3, -0.25) is 0 Å². The first-order valence-electron chi connectivity index (χ1n) is 6.96. The Morgan fingerprint density at radius 2 is 2.17 bits per heavy atom. The van der Waals surface area contributed by atoms with E-state index in [0.717, 1.165) is 18.2 Å². The molecule has 18 heavy (non-hydrogen) atoms. The van der Waals surface area contributed by atoms with Crippen molar-refractivity contribution in [1.82, 2.24) is 5.32 Å². The lowest BCUT2D eigenvalue weighted by molar-refractivity contribution is 0.292. The largest absolute Gasteiger partial charge is 0.508 e. The molecule has 2 saturated carbocycles. The van der Waals surface area contributed by atoms with Crippen molar-refractivity contribution in [1.29, 1.82) is 0 Å². The Bertz CT molecular complexity index is 477. The second kappa shape index (κ2) is 3.64. The van der Waals surface area contributed by atoms with Crippen molar-refractivity contribution >= 4 is 0 Å². The van der Waals surface area contributed by atoms with Gasteiger partial charge >= 0.3 is 0 Å². The maximum absolute atomic E-state index is 9.43. The average molecular weight is 245 g/mol. The van der Waals surface area contributed by atoms with Crippen LogP contribution in [0.4, 0.5) is 0 Å². The minimum Gasteiger partial charge on any atom is -0.508 e. The Labute approximate surface area is 107 Å². The number of fused-ring (bicyclic) bond motifs is 1. The van der Waals surface area contributed by atoms with E-state index in [1.165, 1.54) is 31.2 Å². The number of benzene rings is 1. The van der Waals surface area contributed by atoms with E-state index in [4.69, 9.17) is 4.74 Å². The van der Waals surface area contributed by atoms with Gasteiger partial charge in [0.2, 0.25) is 0 Å². The Morgan fingerprint density at radius 1 is 1.33 bits per heavy atom. The molecule has 0 spiro atoms. The maximum Gasteiger partial charge on any atom is 0.127 e. The molecule has 2 fully saturated rings. The van der Waals surface area contributed by atoms with E-state index in [-0.39, 0.29) is 5.75 Å². The van der Waals surface area contributed by atoms with Gasteiger partial charge in [-0.2, -0.15) is 0 Å². The van der Waals surface area contributed by atoms with Crippen LogP contribution < -0.4 is 10.1 Å². The highest BCUT2D eigenvalue weighted by Gasteiger charge is 2.53. The minimum absolute atomic E-state index is 0.283. The lowest BCUT2D eigenvalue weighted by Crippen LogP contribution is -2.30. The zero-order valence-electron chi connectivity index (χ0n) is 10.5. The van der Waals surface area contributed by atoms with Crippen LogP contribution in [0.1, 0.15) is 37.3 Å². The van der Waals surface area contributed by atoms with Gasteiger partial charge in [-0.1, -0.05) is 0 Å². The molecule has 1 unspecified atom stereocenters. The predicted octanol–water partition coefficient (Wildman–Crippen LogP) is 2.61. The minimum atomic E-state index is 0.283. The molecule has 3 aliphatic rings. The third kappa shape index (κ3) is 1.69. The van der Waals surface area contributed by atoms with E-state index >= 15 is 0 Å². The van der Waals surface area contributed by atoms with Crippen LogP contribution >= 0.6 is 0 Å². The third-order valence-corrected chi connectivity index (χ3v) is 4.81. The molecule has 1 heterocycles. The molecular weight excluding hydrogens is 226 g/mol. The first-order valence-corrected chi connectivity index (χ1v) is 6.96. The van der Waals surface area contributed by atoms with Crippen LogP contribution in [0, 0.1) is 11.3 Å². The molecular formula is C15H19NO2. The Kier molecular flexibility index (Phi) is 2.16. The summed E-state index contributed by atoms with van der Waals surface area (Å²) in [5.74, 6) is 2.11. The van der Waals surface area contributed by atoms with Crippen LogP contribution in [0.25, 0.3) is 0 Å². The van der Waals surface area contributed by atoms with Crippen molar-refractivity contribution in [3.63, 3.8) is 0 Å². The molecule has 4 rings (SSSR count). The van der Waals surface area contributed by atoms with Gasteiger partial charge in [-0.15, -0.1) is 0 Å². The summed E-state index contributed by atoms with van der Waals surface area (Å²) in [6.07, 6.45) is 5.68. The quantitative estimate of drug-likeness (QED) is 0.856. The molecule has 2 N–H and O–H groups in total. The van der Waals surface area contributed by atoms with Gasteiger partial charge in [0.1, 0.15) is 18.1 Å². The summed E-state index contributed by atoms with van der Waals surface area (Å²) in [4.78, 5) is 0. The number of phenols is 1. The highest BCUT2D eigenvalue weighted by molar-refractivity contribution is 5.44. The van der Waals surface area contributed by atoms with E-state index < -0.39 is 0 Å². The normalized spacial score (nSPS) is 27.7. The summed E-state index contributed by atoms with van der Waals surface area (Å²) in [5.41, 5.74) is 1.82. The van der Waals surface area contributed by atoms with Crippen LogP contribution in [0.3, 0.4) is 0 Å². The molecule has 3 heteroatoms. The summed E-state index contributed by atoms with van der Waals surface area (Å²) in [5, 5.41) is 13.1. The SMILES string of the molecule is Oc1ccc2c(c1)OCC2NCC1(C2CC2)CC1. The maximum atomic E-state index is 9.43. The van der Waals surface area contributed by atoms with Crippen molar-refractivity contribution in [2.75, 3.05) is 13.2 Å². The summed E-state index contributed by atoms with van der Waals surface area (Å²) < 4.78 is 5.63. The van der Waals surface area contributed by atoms with Gasteiger partial charge in [0.15, 0.2) is 0 Å². The van der Waals surface area contributed by atoms with Crippen molar-refractivity contribution in [2.45, 2.75) is 31.7 Å². The number of hydrogen-bond acceptors (Lipinski definition) is 3. The summed E-state index contributed by atoms with van der Waals surface area (Å²) in [7, 11) is 0. The standard InChI is InChI=1S/C15H19NO2/c17-11-3-4-12-13(8-18-14(12)7-11)16-9-15(5-6-15)10-1-2-10/h3-4,7,10,13,16-17H,1-2,5-6,8-9H2. The van der Waals surface area contributed by atoms with E-state index in [0.29, 0.717) is 18.1 Å². The Morgan fingerprint density at radius 3 is 2.89 bits per heavy atom. The summed E-state index contributed by atoms with van der Waals surface area (Å²) >= 11 is 0. The molecule has 0 bridgehead atoms.